The van der Waals surface area contributed by atoms with Crippen molar-refractivity contribution in [3.63, 3.8) is 0 Å². The molecule has 0 bridgehead atoms. The first-order valence-corrected chi connectivity index (χ1v) is 8.50. The van der Waals surface area contributed by atoms with Crippen molar-refractivity contribution in [2.24, 2.45) is 0 Å². The third-order valence-corrected chi connectivity index (χ3v) is 4.48. The average molecular weight is 345 g/mol. The second-order valence-corrected chi connectivity index (χ2v) is 6.09. The Morgan fingerprint density at radius 3 is 2.32 bits per heavy atom. The first-order valence-electron chi connectivity index (χ1n) is 8.50. The Morgan fingerprint density at radius 2 is 1.76 bits per heavy atom. The zero-order valence-corrected chi connectivity index (χ0v) is 15.4. The lowest BCUT2D eigenvalue weighted by molar-refractivity contribution is -0.167. The average Bonchev–Trinajstić information content (AvgIpc) is 2.67. The number of carbonyl (C=O) groups is 1. The van der Waals surface area contributed by atoms with Gasteiger partial charge in [0.15, 0.2) is 5.76 Å². The van der Waals surface area contributed by atoms with Crippen LogP contribution in [-0.4, -0.2) is 38.6 Å². The van der Waals surface area contributed by atoms with Gasteiger partial charge in [-0.2, -0.15) is 0 Å². The van der Waals surface area contributed by atoms with Crippen LogP contribution in [0.25, 0.3) is 0 Å². The monoisotopic (exact) mass is 345 g/mol. The zero-order chi connectivity index (χ0) is 18.3. The van der Waals surface area contributed by atoms with Crippen molar-refractivity contribution in [3.8, 4) is 0 Å². The number of nitrogens with one attached hydrogen (secondary N) is 1. The van der Waals surface area contributed by atoms with E-state index in [1.807, 2.05) is 30.4 Å². The summed E-state index contributed by atoms with van der Waals surface area (Å²) in [4.78, 5) is 12.7. The molecule has 1 aromatic rings. The SMILES string of the molecule is CCCCC1(NC(=O)c2ccccc2)C=CC(OC)(OC)C(OC)=C1. The fraction of sp³-hybridized carbons (Fsp3) is 0.450. The molecular weight excluding hydrogens is 318 g/mol. The molecule has 0 saturated carbocycles. The van der Waals surface area contributed by atoms with Crippen molar-refractivity contribution in [1.82, 2.24) is 5.32 Å². The van der Waals surface area contributed by atoms with Crippen molar-refractivity contribution < 1.29 is 19.0 Å². The molecular formula is C20H27NO4. The molecule has 5 heteroatoms. The van der Waals surface area contributed by atoms with Gasteiger partial charge in [0.05, 0.1) is 12.6 Å². The molecule has 25 heavy (non-hydrogen) atoms. The van der Waals surface area contributed by atoms with Crippen molar-refractivity contribution in [1.29, 1.82) is 0 Å². The number of rotatable bonds is 8. The third-order valence-electron chi connectivity index (χ3n) is 4.48. The van der Waals surface area contributed by atoms with Gasteiger partial charge in [-0.25, -0.2) is 0 Å². The normalized spacial score (nSPS) is 21.5. The predicted molar refractivity (Wildman–Crippen MR) is 97.1 cm³/mol. The molecule has 0 spiro atoms. The van der Waals surface area contributed by atoms with E-state index in [1.54, 1.807) is 39.5 Å². The van der Waals surface area contributed by atoms with E-state index in [2.05, 4.69) is 12.2 Å². The van der Waals surface area contributed by atoms with Gasteiger partial charge in [-0.15, -0.1) is 0 Å². The maximum atomic E-state index is 12.7. The van der Waals surface area contributed by atoms with Crippen LogP contribution in [0.3, 0.4) is 0 Å². The molecule has 1 atom stereocenters. The lowest BCUT2D eigenvalue weighted by Gasteiger charge is -2.38. The molecule has 1 aliphatic carbocycles. The summed E-state index contributed by atoms with van der Waals surface area (Å²) >= 11 is 0. The van der Waals surface area contributed by atoms with E-state index in [-0.39, 0.29) is 5.91 Å². The standard InChI is InChI=1S/C20H27NO4/c1-5-6-12-19(21-18(22)16-10-8-7-9-11-16)13-14-20(24-3,25-4)17(15-19)23-2/h7-11,13-15H,5-6,12H2,1-4H3,(H,21,22). The van der Waals surface area contributed by atoms with Gasteiger partial charge < -0.3 is 19.5 Å². The van der Waals surface area contributed by atoms with Gasteiger partial charge in [0.2, 0.25) is 5.79 Å². The maximum absolute atomic E-state index is 12.7. The minimum Gasteiger partial charge on any atom is -0.495 e. The van der Waals surface area contributed by atoms with Crippen LogP contribution in [0.5, 0.6) is 0 Å². The van der Waals surface area contributed by atoms with Crippen molar-refractivity contribution in [3.05, 3.63) is 59.9 Å². The van der Waals surface area contributed by atoms with Crippen LogP contribution in [-0.2, 0) is 14.2 Å². The Labute approximate surface area is 149 Å². The van der Waals surface area contributed by atoms with Gasteiger partial charge in [-0.05, 0) is 30.7 Å². The number of carbonyl (C=O) groups excluding carboxylic acids is 1. The summed E-state index contributed by atoms with van der Waals surface area (Å²) in [6, 6.07) is 9.18. The van der Waals surface area contributed by atoms with E-state index in [4.69, 9.17) is 14.2 Å². The van der Waals surface area contributed by atoms with E-state index >= 15 is 0 Å². The summed E-state index contributed by atoms with van der Waals surface area (Å²) in [6.45, 7) is 2.12. The van der Waals surface area contributed by atoms with Gasteiger partial charge in [0.1, 0.15) is 0 Å². The quantitative estimate of drug-likeness (QED) is 0.579. The van der Waals surface area contributed by atoms with Gasteiger partial charge >= 0.3 is 0 Å². The highest BCUT2D eigenvalue weighted by Gasteiger charge is 2.42. The molecule has 0 saturated heterocycles. The van der Waals surface area contributed by atoms with Crippen LogP contribution in [0.4, 0.5) is 0 Å². The van der Waals surface area contributed by atoms with E-state index < -0.39 is 11.3 Å². The zero-order valence-electron chi connectivity index (χ0n) is 15.4. The lowest BCUT2D eigenvalue weighted by Crippen LogP contribution is -2.50. The Hall–Kier alpha value is -2.11. The highest BCUT2D eigenvalue weighted by atomic mass is 16.7. The van der Waals surface area contributed by atoms with Crippen LogP contribution in [0, 0.1) is 0 Å². The smallest absolute Gasteiger partial charge is 0.252 e. The molecule has 1 aliphatic rings. The molecule has 1 aromatic carbocycles. The molecule has 1 amide bonds. The summed E-state index contributed by atoms with van der Waals surface area (Å²) < 4.78 is 16.5. The predicted octanol–water partition coefficient (Wildman–Crippen LogP) is 3.43. The van der Waals surface area contributed by atoms with Crippen molar-refractivity contribution in [2.45, 2.75) is 37.5 Å². The van der Waals surface area contributed by atoms with Crippen LogP contribution in [0.15, 0.2) is 54.3 Å². The van der Waals surface area contributed by atoms with Crippen molar-refractivity contribution in [2.75, 3.05) is 21.3 Å². The summed E-state index contributed by atoms with van der Waals surface area (Å²) in [7, 11) is 4.69. The number of hydrogen-bond donors (Lipinski definition) is 1. The number of unbranched alkanes of at least 4 members (excludes halogenated alkanes) is 1. The minimum atomic E-state index is -1.07. The molecule has 0 fully saturated rings. The number of amides is 1. The second-order valence-electron chi connectivity index (χ2n) is 6.09. The highest BCUT2D eigenvalue weighted by Crippen LogP contribution is 2.35. The first-order chi connectivity index (χ1) is 12.0. The van der Waals surface area contributed by atoms with Crippen LogP contribution in [0.2, 0.25) is 0 Å². The number of methoxy groups -OCH3 is 3. The maximum Gasteiger partial charge on any atom is 0.252 e. The van der Waals surface area contributed by atoms with E-state index in [0.717, 1.165) is 19.3 Å². The number of hydrogen-bond acceptors (Lipinski definition) is 4. The second kappa shape index (κ2) is 8.32. The molecule has 0 radical (unpaired) electrons. The topological polar surface area (TPSA) is 56.8 Å². The fourth-order valence-corrected chi connectivity index (χ4v) is 2.98. The van der Waals surface area contributed by atoms with Gasteiger partial charge in [0, 0.05) is 19.8 Å². The molecule has 1 unspecified atom stereocenters. The summed E-state index contributed by atoms with van der Waals surface area (Å²) in [5.74, 6) is -0.679. The minimum absolute atomic E-state index is 0.129. The van der Waals surface area contributed by atoms with Gasteiger partial charge in [-0.3, -0.25) is 4.79 Å². The van der Waals surface area contributed by atoms with E-state index in [0.29, 0.717) is 11.3 Å². The van der Waals surface area contributed by atoms with Crippen LogP contribution >= 0.6 is 0 Å². The Kier molecular flexibility index (Phi) is 6.39. The van der Waals surface area contributed by atoms with Gasteiger partial charge in [0.25, 0.3) is 5.91 Å². The van der Waals surface area contributed by atoms with Crippen molar-refractivity contribution >= 4 is 5.91 Å². The lowest BCUT2D eigenvalue weighted by atomic mass is 9.85. The molecule has 5 nitrogen and oxygen atoms in total. The van der Waals surface area contributed by atoms with E-state index in [1.165, 1.54) is 0 Å². The molecule has 0 aliphatic heterocycles. The summed E-state index contributed by atoms with van der Waals surface area (Å²) in [5.41, 5.74) is -0.0241. The van der Waals surface area contributed by atoms with Crippen LogP contribution < -0.4 is 5.32 Å². The first kappa shape index (κ1) is 19.2. The Bertz CT molecular complexity index is 634. The van der Waals surface area contributed by atoms with E-state index in [9.17, 15) is 4.79 Å². The number of benzene rings is 1. The molecule has 0 aromatic heterocycles. The molecule has 2 rings (SSSR count). The summed E-state index contributed by atoms with van der Waals surface area (Å²) in [6.07, 6.45) is 8.35. The Balaban J connectivity index is 2.35. The third kappa shape index (κ3) is 4.11. The number of ether oxygens (including phenoxy) is 3. The molecule has 1 N–H and O–H groups in total. The van der Waals surface area contributed by atoms with Gasteiger partial charge in [-0.1, -0.05) is 44.0 Å². The van der Waals surface area contributed by atoms with Crippen LogP contribution in [0.1, 0.15) is 36.5 Å². The highest BCUT2D eigenvalue weighted by molar-refractivity contribution is 5.95. The molecule has 0 heterocycles. The fourth-order valence-electron chi connectivity index (χ4n) is 2.98. The molecule has 136 valence electrons. The summed E-state index contributed by atoms with van der Waals surface area (Å²) in [5, 5.41) is 3.14. The largest absolute Gasteiger partial charge is 0.495 e. The Morgan fingerprint density at radius 1 is 1.08 bits per heavy atom.